The number of fused-ring (bicyclic) bond motifs is 1. The van der Waals surface area contributed by atoms with E-state index in [-0.39, 0.29) is 0 Å². The lowest BCUT2D eigenvalue weighted by Gasteiger charge is -2.11. The minimum Gasteiger partial charge on any atom is -0.493 e. The number of rotatable bonds is 0. The first kappa shape index (κ1) is 9.07. The number of hydrogen-bond donors (Lipinski definition) is 0. The molecular weight excluding hydrogens is 228 g/mol. The summed E-state index contributed by atoms with van der Waals surface area (Å²) in [5, 5.41) is 0. The van der Waals surface area contributed by atoms with Crippen molar-refractivity contribution in [1.82, 2.24) is 0 Å². The minimum atomic E-state index is 0.620. The Morgan fingerprint density at radius 2 is 2.31 bits per heavy atom. The smallest absolute Gasteiger partial charge is 0.122 e. The summed E-state index contributed by atoms with van der Waals surface area (Å²) in [6.45, 7) is 3.12. The van der Waals surface area contributed by atoms with E-state index in [1.807, 2.05) is 6.07 Å². The zero-order chi connectivity index (χ0) is 9.26. The number of hydrogen-bond acceptors (Lipinski definition) is 1. The van der Waals surface area contributed by atoms with Crippen LogP contribution in [0, 0.1) is 0 Å². The van der Waals surface area contributed by atoms with Gasteiger partial charge in [0.1, 0.15) is 5.75 Å². The van der Waals surface area contributed by atoms with Crippen LogP contribution in [-0.2, 0) is 0 Å². The molecule has 1 aromatic rings. The van der Waals surface area contributed by atoms with Crippen molar-refractivity contribution in [2.75, 3.05) is 6.61 Å². The van der Waals surface area contributed by atoms with Crippen molar-refractivity contribution in [2.45, 2.75) is 25.7 Å². The molecule has 0 saturated carbocycles. The standard InChI is InChI=1S/C11H13BrO/c1-8-3-2-6-13-11-5-4-9(12)7-10(8)11/h4-5,7-8H,2-3,6H2,1H3. The summed E-state index contributed by atoms with van der Waals surface area (Å²) in [6, 6.07) is 6.27. The summed E-state index contributed by atoms with van der Waals surface area (Å²) in [4.78, 5) is 0. The molecule has 13 heavy (non-hydrogen) atoms. The lowest BCUT2D eigenvalue weighted by molar-refractivity contribution is 0.316. The van der Waals surface area contributed by atoms with Crippen LogP contribution < -0.4 is 4.74 Å². The Labute approximate surface area is 87.2 Å². The summed E-state index contributed by atoms with van der Waals surface area (Å²) >= 11 is 3.49. The fourth-order valence-corrected chi connectivity index (χ4v) is 2.14. The van der Waals surface area contributed by atoms with Gasteiger partial charge in [-0.15, -0.1) is 0 Å². The quantitative estimate of drug-likeness (QED) is 0.672. The minimum absolute atomic E-state index is 0.620. The Kier molecular flexibility index (Phi) is 2.58. The molecule has 0 saturated heterocycles. The van der Waals surface area contributed by atoms with Gasteiger partial charge in [0.15, 0.2) is 0 Å². The van der Waals surface area contributed by atoms with Crippen LogP contribution in [0.1, 0.15) is 31.2 Å². The van der Waals surface area contributed by atoms with Gasteiger partial charge in [0.2, 0.25) is 0 Å². The van der Waals surface area contributed by atoms with Crippen molar-refractivity contribution in [3.63, 3.8) is 0 Å². The van der Waals surface area contributed by atoms with Crippen LogP contribution in [0.3, 0.4) is 0 Å². The topological polar surface area (TPSA) is 9.23 Å². The lowest BCUT2D eigenvalue weighted by Crippen LogP contribution is -1.94. The molecule has 2 rings (SSSR count). The highest BCUT2D eigenvalue weighted by atomic mass is 79.9. The number of benzene rings is 1. The van der Waals surface area contributed by atoms with Crippen molar-refractivity contribution in [1.29, 1.82) is 0 Å². The van der Waals surface area contributed by atoms with Crippen LogP contribution in [0.2, 0.25) is 0 Å². The summed E-state index contributed by atoms with van der Waals surface area (Å²) in [5.41, 5.74) is 1.34. The van der Waals surface area contributed by atoms with Crippen molar-refractivity contribution in [3.8, 4) is 5.75 Å². The van der Waals surface area contributed by atoms with E-state index in [9.17, 15) is 0 Å². The molecule has 1 heterocycles. The second-order valence-corrected chi connectivity index (χ2v) is 4.49. The fourth-order valence-electron chi connectivity index (χ4n) is 1.76. The summed E-state index contributed by atoms with van der Waals surface area (Å²) in [5.74, 6) is 1.68. The van der Waals surface area contributed by atoms with Crippen molar-refractivity contribution < 1.29 is 4.74 Å². The average Bonchev–Trinajstić information content (AvgIpc) is 2.29. The summed E-state index contributed by atoms with van der Waals surface area (Å²) in [7, 11) is 0. The van der Waals surface area contributed by atoms with Gasteiger partial charge in [0, 0.05) is 4.47 Å². The van der Waals surface area contributed by atoms with Gasteiger partial charge in [-0.2, -0.15) is 0 Å². The molecule has 1 aliphatic heterocycles. The number of halogens is 1. The zero-order valence-corrected chi connectivity index (χ0v) is 9.30. The monoisotopic (exact) mass is 240 g/mol. The molecule has 1 aromatic carbocycles. The van der Waals surface area contributed by atoms with Gasteiger partial charge >= 0.3 is 0 Å². The first-order valence-corrected chi connectivity index (χ1v) is 5.49. The maximum absolute atomic E-state index is 5.65. The van der Waals surface area contributed by atoms with E-state index in [2.05, 4.69) is 35.0 Å². The van der Waals surface area contributed by atoms with Gasteiger partial charge < -0.3 is 4.74 Å². The van der Waals surface area contributed by atoms with Gasteiger partial charge in [-0.3, -0.25) is 0 Å². The van der Waals surface area contributed by atoms with E-state index in [4.69, 9.17) is 4.74 Å². The molecule has 70 valence electrons. The van der Waals surface area contributed by atoms with Crippen LogP contribution in [0.4, 0.5) is 0 Å². The van der Waals surface area contributed by atoms with Crippen LogP contribution in [0.25, 0.3) is 0 Å². The van der Waals surface area contributed by atoms with Crippen molar-refractivity contribution >= 4 is 15.9 Å². The zero-order valence-electron chi connectivity index (χ0n) is 7.72. The SMILES string of the molecule is CC1CCCOc2ccc(Br)cc21. The molecule has 0 amide bonds. The molecule has 2 heteroatoms. The molecule has 0 radical (unpaired) electrons. The van der Waals surface area contributed by atoms with Crippen LogP contribution in [0.15, 0.2) is 22.7 Å². The molecule has 1 atom stereocenters. The third-order valence-electron chi connectivity index (χ3n) is 2.54. The Morgan fingerprint density at radius 3 is 3.15 bits per heavy atom. The molecular formula is C11H13BrO. The normalized spacial score (nSPS) is 21.5. The fraction of sp³-hybridized carbons (Fsp3) is 0.455. The second-order valence-electron chi connectivity index (χ2n) is 3.57. The maximum Gasteiger partial charge on any atom is 0.122 e. The highest BCUT2D eigenvalue weighted by molar-refractivity contribution is 9.10. The van der Waals surface area contributed by atoms with E-state index in [0.29, 0.717) is 5.92 Å². The molecule has 1 unspecified atom stereocenters. The van der Waals surface area contributed by atoms with E-state index in [0.717, 1.165) is 23.2 Å². The second kappa shape index (κ2) is 3.70. The van der Waals surface area contributed by atoms with Crippen molar-refractivity contribution in [2.24, 2.45) is 0 Å². The number of ether oxygens (including phenoxy) is 1. The Balaban J connectivity index is 2.43. The highest BCUT2D eigenvalue weighted by Gasteiger charge is 2.15. The van der Waals surface area contributed by atoms with Gasteiger partial charge in [-0.05, 0) is 42.5 Å². The van der Waals surface area contributed by atoms with Gasteiger partial charge in [-0.25, -0.2) is 0 Å². The molecule has 0 aromatic heterocycles. The van der Waals surface area contributed by atoms with E-state index in [1.54, 1.807) is 0 Å². The largest absolute Gasteiger partial charge is 0.493 e. The van der Waals surface area contributed by atoms with Crippen molar-refractivity contribution in [3.05, 3.63) is 28.2 Å². The highest BCUT2D eigenvalue weighted by Crippen LogP contribution is 2.34. The van der Waals surface area contributed by atoms with Crippen LogP contribution in [-0.4, -0.2) is 6.61 Å². The molecule has 0 fully saturated rings. The van der Waals surface area contributed by atoms with Gasteiger partial charge in [0.05, 0.1) is 6.61 Å². The molecule has 0 spiro atoms. The Hall–Kier alpha value is -0.500. The molecule has 0 aliphatic carbocycles. The van der Waals surface area contributed by atoms with E-state index < -0.39 is 0 Å². The van der Waals surface area contributed by atoms with Gasteiger partial charge in [0.25, 0.3) is 0 Å². The third-order valence-corrected chi connectivity index (χ3v) is 3.04. The van der Waals surface area contributed by atoms with E-state index >= 15 is 0 Å². The molecule has 0 bridgehead atoms. The van der Waals surface area contributed by atoms with Gasteiger partial charge in [-0.1, -0.05) is 22.9 Å². The third kappa shape index (κ3) is 1.88. The molecule has 0 N–H and O–H groups in total. The lowest BCUT2D eigenvalue weighted by atomic mass is 9.97. The van der Waals surface area contributed by atoms with E-state index in [1.165, 1.54) is 12.0 Å². The summed E-state index contributed by atoms with van der Waals surface area (Å²) in [6.07, 6.45) is 2.39. The Morgan fingerprint density at radius 1 is 1.46 bits per heavy atom. The average molecular weight is 241 g/mol. The first-order chi connectivity index (χ1) is 6.27. The predicted octanol–water partition coefficient (Wildman–Crippen LogP) is 3.73. The predicted molar refractivity (Wildman–Crippen MR) is 57.3 cm³/mol. The van der Waals surface area contributed by atoms with Crippen LogP contribution >= 0.6 is 15.9 Å². The summed E-state index contributed by atoms with van der Waals surface area (Å²) < 4.78 is 6.80. The molecule has 1 nitrogen and oxygen atoms in total. The maximum atomic E-state index is 5.65. The van der Waals surface area contributed by atoms with Crippen LogP contribution in [0.5, 0.6) is 5.75 Å². The first-order valence-electron chi connectivity index (χ1n) is 4.69. The molecule has 1 aliphatic rings. The Bertz CT molecular complexity index is 309.